The van der Waals surface area contributed by atoms with Gasteiger partial charge in [0.05, 0.1) is 0 Å². The molecule has 0 saturated heterocycles. The van der Waals surface area contributed by atoms with Crippen molar-refractivity contribution in [3.05, 3.63) is 0 Å². The first-order valence-corrected chi connectivity index (χ1v) is 6.15. The van der Waals surface area contributed by atoms with Crippen molar-refractivity contribution in [1.82, 2.24) is 0 Å². The Labute approximate surface area is 88.9 Å². The smallest absolute Gasteiger partial charge is 0.0464 e. The molecule has 1 unspecified atom stereocenters. The number of aliphatic hydroxyl groups is 1. The molecule has 1 N–H and O–H groups in total. The first-order chi connectivity index (χ1) is 6.54. The highest BCUT2D eigenvalue weighted by molar-refractivity contribution is 4.77. The van der Waals surface area contributed by atoms with Gasteiger partial charge in [-0.2, -0.15) is 0 Å². The molecule has 1 atom stereocenters. The first kappa shape index (κ1) is 12.0. The second kappa shape index (κ2) is 5.16. The van der Waals surface area contributed by atoms with E-state index in [1.807, 2.05) is 0 Å². The Kier molecular flexibility index (Phi) is 4.43. The predicted octanol–water partition coefficient (Wildman–Crippen LogP) is 3.61. The maximum Gasteiger partial charge on any atom is 0.0464 e. The SMILES string of the molecule is CC(C)(C)C(CO)CC1CCCCC1. The highest BCUT2D eigenvalue weighted by Gasteiger charge is 2.27. The van der Waals surface area contributed by atoms with Crippen LogP contribution >= 0.6 is 0 Å². The van der Waals surface area contributed by atoms with Crippen molar-refractivity contribution in [3.8, 4) is 0 Å². The number of rotatable bonds is 3. The number of aliphatic hydroxyl groups excluding tert-OH is 1. The summed E-state index contributed by atoms with van der Waals surface area (Å²) in [5.74, 6) is 1.38. The van der Waals surface area contributed by atoms with Gasteiger partial charge >= 0.3 is 0 Å². The molecular weight excluding hydrogens is 172 g/mol. The average molecular weight is 198 g/mol. The third-order valence-electron chi connectivity index (χ3n) is 3.79. The van der Waals surface area contributed by atoms with E-state index in [9.17, 15) is 5.11 Å². The van der Waals surface area contributed by atoms with Crippen LogP contribution in [-0.2, 0) is 0 Å². The minimum absolute atomic E-state index is 0.270. The molecule has 0 aromatic carbocycles. The molecule has 0 amide bonds. The Hall–Kier alpha value is -0.0400. The molecular formula is C13H26O. The summed E-state index contributed by atoms with van der Waals surface area (Å²) in [4.78, 5) is 0. The van der Waals surface area contributed by atoms with E-state index in [4.69, 9.17) is 0 Å². The largest absolute Gasteiger partial charge is 0.396 e. The normalized spacial score (nSPS) is 22.3. The van der Waals surface area contributed by atoms with Crippen LogP contribution in [-0.4, -0.2) is 11.7 Å². The van der Waals surface area contributed by atoms with E-state index in [0.29, 0.717) is 12.5 Å². The summed E-state index contributed by atoms with van der Waals surface area (Å²) in [5.41, 5.74) is 0.270. The van der Waals surface area contributed by atoms with E-state index in [2.05, 4.69) is 20.8 Å². The summed E-state index contributed by atoms with van der Waals surface area (Å²) >= 11 is 0. The van der Waals surface area contributed by atoms with Crippen molar-refractivity contribution in [1.29, 1.82) is 0 Å². The van der Waals surface area contributed by atoms with Crippen LogP contribution in [0, 0.1) is 17.3 Å². The molecule has 1 saturated carbocycles. The average Bonchev–Trinajstić information content (AvgIpc) is 2.14. The fourth-order valence-electron chi connectivity index (χ4n) is 2.53. The predicted molar refractivity (Wildman–Crippen MR) is 61.2 cm³/mol. The lowest BCUT2D eigenvalue weighted by atomic mass is 9.73. The van der Waals surface area contributed by atoms with Crippen molar-refractivity contribution < 1.29 is 5.11 Å². The van der Waals surface area contributed by atoms with Gasteiger partial charge in [0.25, 0.3) is 0 Å². The summed E-state index contributed by atoms with van der Waals surface area (Å²) in [6.07, 6.45) is 8.27. The summed E-state index contributed by atoms with van der Waals surface area (Å²) in [6.45, 7) is 7.10. The van der Waals surface area contributed by atoms with Crippen LogP contribution < -0.4 is 0 Å². The quantitative estimate of drug-likeness (QED) is 0.734. The fraction of sp³-hybridized carbons (Fsp3) is 1.00. The van der Waals surface area contributed by atoms with Crippen molar-refractivity contribution in [2.75, 3.05) is 6.61 Å². The first-order valence-electron chi connectivity index (χ1n) is 6.15. The van der Waals surface area contributed by atoms with Crippen molar-refractivity contribution in [2.24, 2.45) is 17.3 Å². The number of hydrogen-bond acceptors (Lipinski definition) is 1. The molecule has 0 heterocycles. The van der Waals surface area contributed by atoms with Crippen molar-refractivity contribution in [2.45, 2.75) is 59.3 Å². The van der Waals surface area contributed by atoms with Gasteiger partial charge < -0.3 is 5.11 Å². The maximum atomic E-state index is 9.39. The Morgan fingerprint density at radius 2 is 1.71 bits per heavy atom. The zero-order chi connectivity index (χ0) is 10.6. The fourth-order valence-corrected chi connectivity index (χ4v) is 2.53. The van der Waals surface area contributed by atoms with E-state index in [-0.39, 0.29) is 5.41 Å². The Balaban J connectivity index is 2.39. The lowest BCUT2D eigenvalue weighted by molar-refractivity contribution is 0.0988. The van der Waals surface area contributed by atoms with E-state index in [1.54, 1.807) is 0 Å². The zero-order valence-corrected chi connectivity index (χ0v) is 10.1. The maximum absolute atomic E-state index is 9.39. The summed E-state index contributed by atoms with van der Waals surface area (Å²) in [7, 11) is 0. The van der Waals surface area contributed by atoms with Gasteiger partial charge in [0.15, 0.2) is 0 Å². The molecule has 1 aliphatic rings. The van der Waals surface area contributed by atoms with E-state index < -0.39 is 0 Å². The highest BCUT2D eigenvalue weighted by atomic mass is 16.3. The second-order valence-electron chi connectivity index (χ2n) is 5.99. The third-order valence-corrected chi connectivity index (χ3v) is 3.79. The Morgan fingerprint density at radius 1 is 1.14 bits per heavy atom. The molecule has 1 fully saturated rings. The minimum Gasteiger partial charge on any atom is -0.396 e. The molecule has 0 aromatic heterocycles. The Bertz CT molecular complexity index is 151. The molecule has 84 valence electrons. The van der Waals surface area contributed by atoms with Gasteiger partial charge in [-0.05, 0) is 23.7 Å². The van der Waals surface area contributed by atoms with Crippen molar-refractivity contribution in [3.63, 3.8) is 0 Å². The molecule has 1 nitrogen and oxygen atoms in total. The van der Waals surface area contributed by atoms with Crippen LogP contribution in [0.25, 0.3) is 0 Å². The van der Waals surface area contributed by atoms with Crippen molar-refractivity contribution >= 4 is 0 Å². The summed E-state index contributed by atoms with van der Waals surface area (Å²) in [6, 6.07) is 0. The molecule has 14 heavy (non-hydrogen) atoms. The van der Waals surface area contributed by atoms with Gasteiger partial charge in [-0.3, -0.25) is 0 Å². The second-order valence-corrected chi connectivity index (χ2v) is 5.99. The van der Waals surface area contributed by atoms with Gasteiger partial charge in [0, 0.05) is 6.61 Å². The monoisotopic (exact) mass is 198 g/mol. The molecule has 0 aliphatic heterocycles. The molecule has 1 aliphatic carbocycles. The lowest BCUT2D eigenvalue weighted by Crippen LogP contribution is -2.27. The topological polar surface area (TPSA) is 20.2 Å². The van der Waals surface area contributed by atoms with E-state index in [0.717, 1.165) is 5.92 Å². The van der Waals surface area contributed by atoms with E-state index >= 15 is 0 Å². The molecule has 0 spiro atoms. The molecule has 1 heteroatoms. The van der Waals surface area contributed by atoms with Crippen LogP contribution in [0.15, 0.2) is 0 Å². The Morgan fingerprint density at radius 3 is 2.14 bits per heavy atom. The molecule has 0 aromatic rings. The van der Waals surface area contributed by atoms with Crippen LogP contribution in [0.4, 0.5) is 0 Å². The number of hydrogen-bond donors (Lipinski definition) is 1. The summed E-state index contributed by atoms with van der Waals surface area (Å²) in [5, 5.41) is 9.39. The third kappa shape index (κ3) is 3.61. The molecule has 1 rings (SSSR count). The van der Waals surface area contributed by atoms with Crippen LogP contribution in [0.3, 0.4) is 0 Å². The highest BCUT2D eigenvalue weighted by Crippen LogP contribution is 2.36. The standard InChI is InChI=1S/C13H26O/c1-13(2,3)12(10-14)9-11-7-5-4-6-8-11/h11-12,14H,4-10H2,1-3H3. The lowest BCUT2D eigenvalue weighted by Gasteiger charge is -2.33. The van der Waals surface area contributed by atoms with E-state index in [1.165, 1.54) is 38.5 Å². The summed E-state index contributed by atoms with van der Waals surface area (Å²) < 4.78 is 0. The van der Waals surface area contributed by atoms with Gasteiger partial charge in [-0.15, -0.1) is 0 Å². The van der Waals surface area contributed by atoms with Gasteiger partial charge in [-0.1, -0.05) is 52.9 Å². The zero-order valence-electron chi connectivity index (χ0n) is 10.1. The van der Waals surface area contributed by atoms with Crippen LogP contribution in [0.2, 0.25) is 0 Å². The van der Waals surface area contributed by atoms with Gasteiger partial charge in [0.1, 0.15) is 0 Å². The molecule has 0 bridgehead atoms. The van der Waals surface area contributed by atoms with Crippen LogP contribution in [0.5, 0.6) is 0 Å². The molecule has 0 radical (unpaired) electrons. The minimum atomic E-state index is 0.270. The van der Waals surface area contributed by atoms with Crippen LogP contribution in [0.1, 0.15) is 59.3 Å². The van der Waals surface area contributed by atoms with Gasteiger partial charge in [0.2, 0.25) is 0 Å². The van der Waals surface area contributed by atoms with Gasteiger partial charge in [-0.25, -0.2) is 0 Å².